The van der Waals surface area contributed by atoms with Crippen molar-refractivity contribution < 1.29 is 13.6 Å². The predicted molar refractivity (Wildman–Crippen MR) is 134 cm³/mol. The molecule has 1 amide bonds. The summed E-state index contributed by atoms with van der Waals surface area (Å²) in [6, 6.07) is 7.52. The number of halogens is 2. The van der Waals surface area contributed by atoms with Gasteiger partial charge in [-0.05, 0) is 84.9 Å². The molecule has 3 rings (SSSR count). The van der Waals surface area contributed by atoms with Crippen molar-refractivity contribution in [3.63, 3.8) is 0 Å². The zero-order valence-electron chi connectivity index (χ0n) is 20.7. The van der Waals surface area contributed by atoms with E-state index in [2.05, 4.69) is 36.6 Å². The van der Waals surface area contributed by atoms with E-state index in [0.717, 1.165) is 38.2 Å². The molecule has 2 aromatic rings. The number of nitrogens with one attached hydrogen (secondary N) is 2. The minimum absolute atomic E-state index is 0.214. The van der Waals surface area contributed by atoms with Gasteiger partial charge in [0.1, 0.15) is 11.6 Å². The zero-order valence-corrected chi connectivity index (χ0v) is 20.7. The fraction of sp³-hybridized carbons (Fsp3) is 0.536. The molecule has 0 aliphatic heterocycles. The third-order valence-electron chi connectivity index (χ3n) is 6.82. The summed E-state index contributed by atoms with van der Waals surface area (Å²) in [6.07, 6.45) is 8.05. The molecule has 4 nitrogen and oxygen atoms in total. The summed E-state index contributed by atoms with van der Waals surface area (Å²) in [5.74, 6) is -1.48. The Morgan fingerprint density at radius 1 is 1.12 bits per heavy atom. The molecule has 0 saturated carbocycles. The van der Waals surface area contributed by atoms with Crippen molar-refractivity contribution in [2.45, 2.75) is 90.3 Å². The topological polar surface area (TPSA) is 67.2 Å². The molecule has 0 fully saturated rings. The highest BCUT2D eigenvalue weighted by atomic mass is 19.1. The number of carbonyl (C=O) groups excluding carboxylic acids is 1. The summed E-state index contributed by atoms with van der Waals surface area (Å²) in [5.41, 5.74) is 12.7. The van der Waals surface area contributed by atoms with Crippen LogP contribution >= 0.6 is 0 Å². The monoisotopic (exact) mass is 471 g/mol. The lowest BCUT2D eigenvalue weighted by Crippen LogP contribution is -2.53. The third kappa shape index (κ3) is 7.09. The molecule has 0 radical (unpaired) electrons. The van der Waals surface area contributed by atoms with Gasteiger partial charge in [-0.15, -0.1) is 0 Å². The van der Waals surface area contributed by atoms with Gasteiger partial charge >= 0.3 is 0 Å². The number of carbonyl (C=O) groups is 1. The van der Waals surface area contributed by atoms with Gasteiger partial charge in [0.25, 0.3) is 0 Å². The molecule has 2 aromatic carbocycles. The van der Waals surface area contributed by atoms with Gasteiger partial charge in [0.05, 0.1) is 0 Å². The lowest BCUT2D eigenvalue weighted by Gasteiger charge is -2.32. The summed E-state index contributed by atoms with van der Waals surface area (Å²) in [5, 5.41) is 6.53. The minimum atomic E-state index is -0.632. The number of aryl methyl sites for hydroxylation is 2. The Morgan fingerprint density at radius 3 is 2.50 bits per heavy atom. The second-order valence-electron chi connectivity index (χ2n) is 9.59. The van der Waals surface area contributed by atoms with Crippen molar-refractivity contribution >= 4 is 5.91 Å². The van der Waals surface area contributed by atoms with E-state index in [1.165, 1.54) is 54.2 Å². The van der Waals surface area contributed by atoms with Crippen LogP contribution in [0.15, 0.2) is 30.3 Å². The lowest BCUT2D eigenvalue weighted by atomic mass is 9.82. The maximum Gasteiger partial charge on any atom is 0.217 e. The van der Waals surface area contributed by atoms with Crippen molar-refractivity contribution in [3.8, 4) is 0 Å². The zero-order chi connectivity index (χ0) is 24.7. The Hall–Kier alpha value is -2.31. The van der Waals surface area contributed by atoms with Crippen LogP contribution in [0.5, 0.6) is 0 Å². The van der Waals surface area contributed by atoms with E-state index in [1.807, 2.05) is 0 Å². The number of amides is 1. The highest BCUT2D eigenvalue weighted by Crippen LogP contribution is 2.34. The van der Waals surface area contributed by atoms with Crippen molar-refractivity contribution in [3.05, 3.63) is 69.8 Å². The van der Waals surface area contributed by atoms with E-state index in [1.54, 1.807) is 0 Å². The molecule has 4 N–H and O–H groups in total. The smallest absolute Gasteiger partial charge is 0.217 e. The number of benzene rings is 2. The van der Waals surface area contributed by atoms with Gasteiger partial charge in [0.2, 0.25) is 5.91 Å². The quantitative estimate of drug-likeness (QED) is 0.436. The normalized spacial score (nSPS) is 17.2. The van der Waals surface area contributed by atoms with Crippen LogP contribution in [0, 0.1) is 11.6 Å². The van der Waals surface area contributed by atoms with E-state index in [-0.39, 0.29) is 18.4 Å². The second-order valence-corrected chi connectivity index (χ2v) is 9.59. The highest BCUT2D eigenvalue weighted by Gasteiger charge is 2.25. The second kappa shape index (κ2) is 12.4. The fourth-order valence-corrected chi connectivity index (χ4v) is 5.06. The molecule has 6 heteroatoms. The Labute approximate surface area is 202 Å². The van der Waals surface area contributed by atoms with Crippen molar-refractivity contribution in [2.75, 3.05) is 6.54 Å². The van der Waals surface area contributed by atoms with E-state index in [9.17, 15) is 13.6 Å². The van der Waals surface area contributed by atoms with Gasteiger partial charge in [-0.3, -0.25) is 4.79 Å². The number of nitrogens with two attached hydrogens (primary N) is 1. The molecule has 1 aliphatic rings. The van der Waals surface area contributed by atoms with Gasteiger partial charge in [-0.2, -0.15) is 0 Å². The first-order valence-corrected chi connectivity index (χ1v) is 12.7. The number of fused-ring (bicyclic) bond motifs is 1. The molecule has 3 atom stereocenters. The minimum Gasteiger partial charge on any atom is -0.352 e. The molecule has 0 unspecified atom stereocenters. The molecule has 0 aromatic heterocycles. The van der Waals surface area contributed by atoms with Crippen LogP contribution in [0.4, 0.5) is 8.78 Å². The summed E-state index contributed by atoms with van der Waals surface area (Å²) in [7, 11) is 0. The Balaban J connectivity index is 1.74. The van der Waals surface area contributed by atoms with Gasteiger partial charge in [-0.25, -0.2) is 8.78 Å². The van der Waals surface area contributed by atoms with Crippen LogP contribution in [-0.2, 0) is 30.5 Å². The summed E-state index contributed by atoms with van der Waals surface area (Å²) in [4.78, 5) is 11.8. The van der Waals surface area contributed by atoms with Gasteiger partial charge in [-0.1, -0.05) is 32.4 Å². The first kappa shape index (κ1) is 26.3. The average Bonchev–Trinajstić information content (AvgIpc) is 2.79. The highest BCUT2D eigenvalue weighted by molar-refractivity contribution is 5.73. The van der Waals surface area contributed by atoms with Crippen LogP contribution in [0.2, 0.25) is 0 Å². The van der Waals surface area contributed by atoms with E-state index >= 15 is 0 Å². The number of hydrogen-bond acceptors (Lipinski definition) is 3. The van der Waals surface area contributed by atoms with E-state index in [4.69, 9.17) is 5.73 Å². The summed E-state index contributed by atoms with van der Waals surface area (Å²) in [6.45, 7) is 6.35. The molecule has 1 aliphatic carbocycles. The van der Waals surface area contributed by atoms with E-state index < -0.39 is 23.7 Å². The summed E-state index contributed by atoms with van der Waals surface area (Å²) < 4.78 is 27.3. The first-order valence-electron chi connectivity index (χ1n) is 12.7. The number of hydrogen-bond donors (Lipinski definition) is 3. The molecule has 34 heavy (non-hydrogen) atoms. The lowest BCUT2D eigenvalue weighted by molar-refractivity contribution is -0.119. The molecule has 0 spiro atoms. The summed E-state index contributed by atoms with van der Waals surface area (Å²) >= 11 is 0. The predicted octanol–water partition coefficient (Wildman–Crippen LogP) is 4.91. The van der Waals surface area contributed by atoms with Crippen molar-refractivity contribution in [1.29, 1.82) is 0 Å². The Kier molecular flexibility index (Phi) is 9.60. The first-order chi connectivity index (χ1) is 16.3. The van der Waals surface area contributed by atoms with Crippen LogP contribution < -0.4 is 16.4 Å². The Morgan fingerprint density at radius 2 is 1.85 bits per heavy atom. The maximum atomic E-state index is 13.7. The maximum absolute atomic E-state index is 13.7. The largest absolute Gasteiger partial charge is 0.352 e. The molecule has 0 bridgehead atoms. The molecular formula is C28H39F2N3O. The SMILES string of the molecule is CCCCc1cc(CC)cc2c1CCC[C@@H]2NC[C@@H](N)[C@H](Cc1cc(F)cc(F)c1)NC(C)=O. The van der Waals surface area contributed by atoms with Crippen molar-refractivity contribution in [1.82, 2.24) is 10.6 Å². The van der Waals surface area contributed by atoms with Crippen LogP contribution in [-0.4, -0.2) is 24.5 Å². The Bertz CT molecular complexity index is 958. The molecule has 0 heterocycles. The van der Waals surface area contributed by atoms with Gasteiger partial charge in [0.15, 0.2) is 0 Å². The van der Waals surface area contributed by atoms with Crippen LogP contribution in [0.3, 0.4) is 0 Å². The van der Waals surface area contributed by atoms with E-state index in [0.29, 0.717) is 12.1 Å². The number of unbranched alkanes of at least 4 members (excludes halogenated alkanes) is 1. The standard InChI is InChI=1S/C28H39F2N3O/c1-4-6-8-21-11-19(5-2)14-25-24(21)9-7-10-27(25)32-17-26(31)28(33-18(3)34)15-20-12-22(29)16-23(30)13-20/h11-14,16,26-28,32H,4-10,15,17,31H2,1-3H3,(H,33,34)/t26-,27+,28+/m1/s1. The van der Waals surface area contributed by atoms with Crippen LogP contribution in [0.25, 0.3) is 0 Å². The number of rotatable bonds is 11. The fourth-order valence-electron chi connectivity index (χ4n) is 5.06. The molecular weight excluding hydrogens is 432 g/mol. The average molecular weight is 472 g/mol. The van der Waals surface area contributed by atoms with Gasteiger partial charge in [0, 0.05) is 37.7 Å². The van der Waals surface area contributed by atoms with Crippen LogP contribution in [0.1, 0.15) is 80.3 Å². The molecule has 0 saturated heterocycles. The molecule has 186 valence electrons. The van der Waals surface area contributed by atoms with Gasteiger partial charge < -0.3 is 16.4 Å². The van der Waals surface area contributed by atoms with Crippen molar-refractivity contribution in [2.24, 2.45) is 5.73 Å². The third-order valence-corrected chi connectivity index (χ3v) is 6.82.